The van der Waals surface area contributed by atoms with Gasteiger partial charge >= 0.3 is 0 Å². The van der Waals surface area contributed by atoms with Gasteiger partial charge in [0.2, 0.25) is 0 Å². The second kappa shape index (κ2) is 9.97. The second-order valence-corrected chi connectivity index (χ2v) is 9.18. The average molecular weight is 428 g/mol. The molecule has 0 spiro atoms. The van der Waals surface area contributed by atoms with Crippen LogP contribution in [0, 0.1) is 0 Å². The highest BCUT2D eigenvalue weighted by Crippen LogP contribution is 2.26. The summed E-state index contributed by atoms with van der Waals surface area (Å²) in [6.07, 6.45) is 0.180. The molecule has 32 heavy (non-hydrogen) atoms. The van der Waals surface area contributed by atoms with Crippen LogP contribution in [0.2, 0.25) is 0 Å². The molecule has 2 fully saturated rings. The van der Waals surface area contributed by atoms with Gasteiger partial charge in [-0.15, -0.1) is 0 Å². The van der Waals surface area contributed by atoms with Gasteiger partial charge in [0.05, 0.1) is 6.10 Å². The molecule has 0 saturated carbocycles. The van der Waals surface area contributed by atoms with Crippen molar-refractivity contribution in [1.82, 2.24) is 14.7 Å². The van der Waals surface area contributed by atoms with E-state index < -0.39 is 0 Å². The maximum absolute atomic E-state index is 6.01. The number of hydrogen-bond donors (Lipinski definition) is 0. The van der Waals surface area contributed by atoms with Crippen LogP contribution < -0.4 is 0 Å². The number of nitrogens with zero attached hydrogens (tertiary/aromatic N) is 3. The number of benzene rings is 3. The van der Waals surface area contributed by atoms with Crippen molar-refractivity contribution in [3.05, 3.63) is 95.6 Å². The monoisotopic (exact) mass is 427 g/mol. The van der Waals surface area contributed by atoms with E-state index in [1.54, 1.807) is 0 Å². The van der Waals surface area contributed by atoms with Crippen molar-refractivity contribution < 1.29 is 4.74 Å². The fraction of sp³-hybridized carbons (Fsp3) is 0.357. The van der Waals surface area contributed by atoms with Crippen molar-refractivity contribution >= 4 is 0 Å². The van der Waals surface area contributed by atoms with Crippen molar-refractivity contribution in [1.29, 1.82) is 0 Å². The zero-order chi connectivity index (χ0) is 21.8. The van der Waals surface area contributed by atoms with Crippen LogP contribution in [-0.2, 0) is 17.8 Å². The van der Waals surface area contributed by atoms with Gasteiger partial charge in [0.15, 0.2) is 0 Å². The SMILES string of the molecule is CN1CCN(Cc2ccc(-c3ccc(CN4COC(c5ccccc5)C4)cc3)cc2)CC1. The molecule has 0 N–H and O–H groups in total. The predicted molar refractivity (Wildman–Crippen MR) is 130 cm³/mol. The van der Waals surface area contributed by atoms with E-state index in [2.05, 4.69) is 101 Å². The van der Waals surface area contributed by atoms with Crippen LogP contribution in [-0.4, -0.2) is 61.2 Å². The third-order valence-electron chi connectivity index (χ3n) is 6.70. The van der Waals surface area contributed by atoms with Gasteiger partial charge in [-0.1, -0.05) is 78.9 Å². The molecule has 0 radical (unpaired) electrons. The Labute approximate surface area is 192 Å². The lowest BCUT2D eigenvalue weighted by molar-refractivity contribution is 0.0880. The van der Waals surface area contributed by atoms with E-state index >= 15 is 0 Å². The fourth-order valence-electron chi connectivity index (χ4n) is 4.64. The Bertz CT molecular complexity index is 979. The minimum atomic E-state index is 0.180. The lowest BCUT2D eigenvalue weighted by Gasteiger charge is -2.32. The molecule has 166 valence electrons. The first kappa shape index (κ1) is 21.4. The van der Waals surface area contributed by atoms with Gasteiger partial charge in [-0.3, -0.25) is 9.80 Å². The van der Waals surface area contributed by atoms with Gasteiger partial charge in [0, 0.05) is 45.8 Å². The summed E-state index contributed by atoms with van der Waals surface area (Å²) >= 11 is 0. The first-order chi connectivity index (χ1) is 15.7. The van der Waals surface area contributed by atoms with Crippen LogP contribution in [0.1, 0.15) is 22.8 Å². The molecule has 3 aromatic carbocycles. The van der Waals surface area contributed by atoms with E-state index in [-0.39, 0.29) is 6.10 Å². The van der Waals surface area contributed by atoms with E-state index in [9.17, 15) is 0 Å². The van der Waals surface area contributed by atoms with Crippen molar-refractivity contribution in [3.63, 3.8) is 0 Å². The maximum atomic E-state index is 6.01. The van der Waals surface area contributed by atoms with Gasteiger partial charge < -0.3 is 9.64 Å². The van der Waals surface area contributed by atoms with Gasteiger partial charge in [0.25, 0.3) is 0 Å². The van der Waals surface area contributed by atoms with E-state index in [0.29, 0.717) is 6.73 Å². The van der Waals surface area contributed by atoms with Crippen LogP contribution in [0.15, 0.2) is 78.9 Å². The molecule has 2 heterocycles. The van der Waals surface area contributed by atoms with Crippen molar-refractivity contribution in [2.24, 2.45) is 0 Å². The molecule has 0 aromatic heterocycles. The zero-order valence-corrected chi connectivity index (χ0v) is 19.0. The van der Waals surface area contributed by atoms with Crippen LogP contribution in [0.3, 0.4) is 0 Å². The van der Waals surface area contributed by atoms with Crippen LogP contribution in [0.5, 0.6) is 0 Å². The molecule has 1 atom stereocenters. The minimum absolute atomic E-state index is 0.180. The predicted octanol–water partition coefficient (Wildman–Crippen LogP) is 4.63. The maximum Gasteiger partial charge on any atom is 0.100 e. The molecule has 4 nitrogen and oxygen atoms in total. The summed E-state index contributed by atoms with van der Waals surface area (Å²) in [6, 6.07) is 28.6. The number of hydrogen-bond acceptors (Lipinski definition) is 4. The Morgan fingerprint density at radius 1 is 0.688 bits per heavy atom. The Morgan fingerprint density at radius 2 is 1.25 bits per heavy atom. The highest BCUT2D eigenvalue weighted by molar-refractivity contribution is 5.64. The normalized spacial score (nSPS) is 20.6. The summed E-state index contributed by atoms with van der Waals surface area (Å²) < 4.78 is 6.01. The Hall–Kier alpha value is -2.50. The van der Waals surface area contributed by atoms with Crippen LogP contribution in [0.4, 0.5) is 0 Å². The summed E-state index contributed by atoms with van der Waals surface area (Å²) in [6.45, 7) is 8.27. The number of piperazine rings is 1. The molecule has 1 unspecified atom stereocenters. The summed E-state index contributed by atoms with van der Waals surface area (Å²) in [5.41, 5.74) is 6.56. The standard InChI is InChI=1S/C28H33N3O/c1-29-15-17-30(18-16-29)19-23-7-11-25(12-8-23)26-13-9-24(10-14-26)20-31-21-28(32-22-31)27-5-3-2-4-6-27/h2-14,28H,15-22H2,1H3. The number of ether oxygens (including phenoxy) is 1. The van der Waals surface area contributed by atoms with Crippen molar-refractivity contribution in [2.75, 3.05) is 46.5 Å². The number of rotatable bonds is 6. The molecule has 2 aliphatic heterocycles. The highest BCUT2D eigenvalue weighted by Gasteiger charge is 2.24. The van der Waals surface area contributed by atoms with E-state index in [4.69, 9.17) is 4.74 Å². The van der Waals surface area contributed by atoms with E-state index in [0.717, 1.165) is 32.7 Å². The molecule has 0 bridgehead atoms. The summed E-state index contributed by atoms with van der Waals surface area (Å²) in [5.74, 6) is 0. The summed E-state index contributed by atoms with van der Waals surface area (Å²) in [5, 5.41) is 0. The summed E-state index contributed by atoms with van der Waals surface area (Å²) in [7, 11) is 2.21. The molecule has 3 aromatic rings. The molecule has 2 aliphatic rings. The average Bonchev–Trinajstić information content (AvgIpc) is 3.31. The fourth-order valence-corrected chi connectivity index (χ4v) is 4.64. The highest BCUT2D eigenvalue weighted by atomic mass is 16.5. The second-order valence-electron chi connectivity index (χ2n) is 9.18. The smallest absolute Gasteiger partial charge is 0.100 e. The molecule has 2 saturated heterocycles. The van der Waals surface area contributed by atoms with Gasteiger partial charge in [-0.25, -0.2) is 0 Å². The molecule has 4 heteroatoms. The van der Waals surface area contributed by atoms with E-state index in [1.165, 1.54) is 40.9 Å². The van der Waals surface area contributed by atoms with Crippen LogP contribution >= 0.6 is 0 Å². The summed E-state index contributed by atoms with van der Waals surface area (Å²) in [4.78, 5) is 7.33. The molecule has 0 aliphatic carbocycles. The lowest BCUT2D eigenvalue weighted by Crippen LogP contribution is -2.43. The van der Waals surface area contributed by atoms with Gasteiger partial charge in [-0.2, -0.15) is 0 Å². The third-order valence-corrected chi connectivity index (χ3v) is 6.70. The minimum Gasteiger partial charge on any atom is -0.357 e. The Kier molecular flexibility index (Phi) is 6.65. The molecule has 0 amide bonds. The Morgan fingerprint density at radius 3 is 1.84 bits per heavy atom. The lowest BCUT2D eigenvalue weighted by atomic mass is 10.0. The van der Waals surface area contributed by atoms with Crippen molar-refractivity contribution in [2.45, 2.75) is 19.2 Å². The van der Waals surface area contributed by atoms with Gasteiger partial charge in [0.1, 0.15) is 6.73 Å². The topological polar surface area (TPSA) is 19.0 Å². The number of likely N-dealkylation sites (N-methyl/N-ethyl adjacent to an activating group) is 1. The van der Waals surface area contributed by atoms with Crippen LogP contribution in [0.25, 0.3) is 11.1 Å². The zero-order valence-electron chi connectivity index (χ0n) is 19.0. The molecular formula is C28H33N3O. The molecule has 5 rings (SSSR count). The van der Waals surface area contributed by atoms with Crippen molar-refractivity contribution in [3.8, 4) is 11.1 Å². The first-order valence-electron chi connectivity index (χ1n) is 11.7. The van der Waals surface area contributed by atoms with Gasteiger partial charge in [-0.05, 0) is 34.9 Å². The van der Waals surface area contributed by atoms with E-state index in [1.807, 2.05) is 0 Å². The molecular weight excluding hydrogens is 394 g/mol. The quantitative estimate of drug-likeness (QED) is 0.571. The third kappa shape index (κ3) is 5.28. The largest absolute Gasteiger partial charge is 0.357 e. The first-order valence-corrected chi connectivity index (χ1v) is 11.7. The Balaban J connectivity index is 1.15.